The standard InChI is InChI=1S/C11H13Cl2N/c1-4-5-7(2)10-9(12)6-8(3)14-11(10)13/h4,6-7H,1,5H2,2-3H3. The third kappa shape index (κ3) is 2.49. The summed E-state index contributed by atoms with van der Waals surface area (Å²) in [7, 11) is 0. The lowest BCUT2D eigenvalue weighted by Gasteiger charge is -2.13. The van der Waals surface area contributed by atoms with Crippen LogP contribution in [0.3, 0.4) is 0 Å². The fourth-order valence-corrected chi connectivity index (χ4v) is 2.32. The molecule has 0 aliphatic rings. The van der Waals surface area contributed by atoms with Crippen molar-refractivity contribution in [2.45, 2.75) is 26.2 Å². The number of pyridine rings is 1. The predicted molar refractivity (Wildman–Crippen MR) is 62.2 cm³/mol. The van der Waals surface area contributed by atoms with Gasteiger partial charge in [-0.25, -0.2) is 4.98 Å². The van der Waals surface area contributed by atoms with Crippen LogP contribution < -0.4 is 0 Å². The Morgan fingerprint density at radius 1 is 1.57 bits per heavy atom. The molecule has 0 radical (unpaired) electrons. The molecule has 0 fully saturated rings. The summed E-state index contributed by atoms with van der Waals surface area (Å²) in [5.41, 5.74) is 1.76. The maximum absolute atomic E-state index is 6.11. The highest BCUT2D eigenvalue weighted by atomic mass is 35.5. The van der Waals surface area contributed by atoms with Gasteiger partial charge in [0.2, 0.25) is 0 Å². The first-order chi connectivity index (χ1) is 6.56. The summed E-state index contributed by atoms with van der Waals surface area (Å²) >= 11 is 12.1. The minimum Gasteiger partial charge on any atom is -0.241 e. The van der Waals surface area contributed by atoms with Crippen LogP contribution in [0.15, 0.2) is 18.7 Å². The van der Waals surface area contributed by atoms with Gasteiger partial charge in [0.15, 0.2) is 0 Å². The second kappa shape index (κ2) is 4.81. The molecule has 0 aromatic carbocycles. The van der Waals surface area contributed by atoms with Crippen LogP contribution in [0.1, 0.15) is 30.5 Å². The third-order valence-corrected chi connectivity index (χ3v) is 2.70. The van der Waals surface area contributed by atoms with Crippen molar-refractivity contribution < 1.29 is 0 Å². The molecule has 1 aromatic rings. The van der Waals surface area contributed by atoms with Crippen LogP contribution in [0.2, 0.25) is 10.2 Å². The lowest BCUT2D eigenvalue weighted by Crippen LogP contribution is -1.97. The fourth-order valence-electron chi connectivity index (χ4n) is 1.41. The van der Waals surface area contributed by atoms with Gasteiger partial charge in [-0.15, -0.1) is 6.58 Å². The summed E-state index contributed by atoms with van der Waals surface area (Å²) in [5, 5.41) is 1.20. The van der Waals surface area contributed by atoms with Crippen LogP contribution in [0.25, 0.3) is 0 Å². The molecule has 1 aromatic heterocycles. The number of nitrogens with zero attached hydrogens (tertiary/aromatic N) is 1. The number of allylic oxidation sites excluding steroid dienone is 1. The monoisotopic (exact) mass is 229 g/mol. The summed E-state index contributed by atoms with van der Waals surface area (Å²) < 4.78 is 0. The Balaban J connectivity index is 3.13. The summed E-state index contributed by atoms with van der Waals surface area (Å²) in [5.74, 6) is 0.264. The highest BCUT2D eigenvalue weighted by molar-refractivity contribution is 6.35. The summed E-state index contributed by atoms with van der Waals surface area (Å²) in [6.07, 6.45) is 2.71. The van der Waals surface area contributed by atoms with Gasteiger partial charge in [-0.3, -0.25) is 0 Å². The SMILES string of the molecule is C=CCC(C)c1c(Cl)cc(C)nc1Cl. The van der Waals surface area contributed by atoms with Crippen LogP contribution in [0.5, 0.6) is 0 Å². The van der Waals surface area contributed by atoms with E-state index in [1.165, 1.54) is 0 Å². The van der Waals surface area contributed by atoms with Crippen LogP contribution in [0, 0.1) is 6.92 Å². The normalized spacial score (nSPS) is 12.6. The molecule has 1 rings (SSSR count). The maximum atomic E-state index is 6.11. The quantitative estimate of drug-likeness (QED) is 0.554. The Kier molecular flexibility index (Phi) is 3.97. The molecule has 0 aliphatic heterocycles. The fraction of sp³-hybridized carbons (Fsp3) is 0.364. The molecule has 0 saturated carbocycles. The third-order valence-electron chi connectivity index (χ3n) is 2.10. The molecule has 1 unspecified atom stereocenters. The number of hydrogen-bond acceptors (Lipinski definition) is 1. The maximum Gasteiger partial charge on any atom is 0.134 e. The summed E-state index contributed by atoms with van der Waals surface area (Å²) in [6.45, 7) is 7.63. The van der Waals surface area contributed by atoms with Crippen molar-refractivity contribution >= 4 is 23.2 Å². The lowest BCUT2D eigenvalue weighted by molar-refractivity contribution is 0.776. The van der Waals surface area contributed by atoms with Gasteiger partial charge in [0.05, 0.1) is 0 Å². The van der Waals surface area contributed by atoms with Crippen molar-refractivity contribution in [1.29, 1.82) is 0 Å². The number of rotatable bonds is 3. The van der Waals surface area contributed by atoms with Gasteiger partial charge < -0.3 is 0 Å². The molecule has 0 N–H and O–H groups in total. The van der Waals surface area contributed by atoms with E-state index in [1.54, 1.807) is 0 Å². The molecule has 1 atom stereocenters. The molecule has 76 valence electrons. The zero-order valence-corrected chi connectivity index (χ0v) is 9.86. The largest absolute Gasteiger partial charge is 0.241 e. The number of hydrogen-bond donors (Lipinski definition) is 0. The van der Waals surface area contributed by atoms with E-state index in [4.69, 9.17) is 23.2 Å². The van der Waals surface area contributed by atoms with E-state index >= 15 is 0 Å². The van der Waals surface area contributed by atoms with Crippen LogP contribution in [-0.2, 0) is 0 Å². The van der Waals surface area contributed by atoms with E-state index in [-0.39, 0.29) is 5.92 Å². The van der Waals surface area contributed by atoms with Crippen molar-refractivity contribution in [3.8, 4) is 0 Å². The summed E-state index contributed by atoms with van der Waals surface area (Å²) in [4.78, 5) is 4.18. The average Bonchev–Trinajstić information content (AvgIpc) is 2.01. The van der Waals surface area contributed by atoms with E-state index < -0.39 is 0 Å². The minimum atomic E-state index is 0.264. The van der Waals surface area contributed by atoms with E-state index in [0.717, 1.165) is 17.7 Å². The Morgan fingerprint density at radius 3 is 2.71 bits per heavy atom. The first-order valence-corrected chi connectivity index (χ1v) is 5.25. The van der Waals surface area contributed by atoms with Gasteiger partial charge in [-0.05, 0) is 25.3 Å². The molecule has 3 heteroatoms. The Bertz CT molecular complexity index is 324. The van der Waals surface area contributed by atoms with Crippen molar-refractivity contribution in [2.24, 2.45) is 0 Å². The molecule has 0 aliphatic carbocycles. The van der Waals surface area contributed by atoms with E-state index in [1.807, 2.05) is 19.1 Å². The second-order valence-electron chi connectivity index (χ2n) is 3.38. The van der Waals surface area contributed by atoms with Crippen molar-refractivity contribution in [2.75, 3.05) is 0 Å². The Morgan fingerprint density at radius 2 is 2.21 bits per heavy atom. The van der Waals surface area contributed by atoms with Gasteiger partial charge >= 0.3 is 0 Å². The molecule has 0 saturated heterocycles. The highest BCUT2D eigenvalue weighted by Gasteiger charge is 2.14. The van der Waals surface area contributed by atoms with E-state index in [2.05, 4.69) is 18.5 Å². The molecule has 1 nitrogen and oxygen atoms in total. The zero-order chi connectivity index (χ0) is 10.7. The Labute approximate surface area is 94.8 Å². The van der Waals surface area contributed by atoms with E-state index in [9.17, 15) is 0 Å². The van der Waals surface area contributed by atoms with Gasteiger partial charge in [-0.1, -0.05) is 36.2 Å². The van der Waals surface area contributed by atoms with E-state index in [0.29, 0.717) is 10.2 Å². The molecular weight excluding hydrogens is 217 g/mol. The topological polar surface area (TPSA) is 12.9 Å². The molecule has 14 heavy (non-hydrogen) atoms. The Hall–Kier alpha value is -0.530. The lowest BCUT2D eigenvalue weighted by atomic mass is 9.99. The van der Waals surface area contributed by atoms with Gasteiger partial charge in [0, 0.05) is 16.3 Å². The molecule has 0 bridgehead atoms. The van der Waals surface area contributed by atoms with Gasteiger partial charge in [0.25, 0.3) is 0 Å². The second-order valence-corrected chi connectivity index (χ2v) is 4.14. The highest BCUT2D eigenvalue weighted by Crippen LogP contribution is 2.32. The minimum absolute atomic E-state index is 0.264. The zero-order valence-electron chi connectivity index (χ0n) is 8.35. The van der Waals surface area contributed by atoms with Crippen molar-refractivity contribution in [1.82, 2.24) is 4.98 Å². The first-order valence-electron chi connectivity index (χ1n) is 4.49. The van der Waals surface area contributed by atoms with Crippen LogP contribution in [0.4, 0.5) is 0 Å². The van der Waals surface area contributed by atoms with Crippen LogP contribution in [-0.4, -0.2) is 4.98 Å². The summed E-state index contributed by atoms with van der Waals surface area (Å²) in [6, 6.07) is 1.84. The number of aryl methyl sites for hydroxylation is 1. The smallest absolute Gasteiger partial charge is 0.134 e. The van der Waals surface area contributed by atoms with Crippen molar-refractivity contribution in [3.05, 3.63) is 40.2 Å². The number of halogens is 2. The van der Waals surface area contributed by atoms with Crippen molar-refractivity contribution in [3.63, 3.8) is 0 Å². The average molecular weight is 230 g/mol. The van der Waals surface area contributed by atoms with Gasteiger partial charge in [0.1, 0.15) is 5.15 Å². The molecule has 0 amide bonds. The first kappa shape index (κ1) is 11.5. The molecule has 1 heterocycles. The van der Waals surface area contributed by atoms with Crippen LogP contribution >= 0.6 is 23.2 Å². The molecule has 0 spiro atoms. The number of aromatic nitrogens is 1. The molecular formula is C11H13Cl2N. The predicted octanol–water partition coefficient (Wildman–Crippen LogP) is 4.38. The van der Waals surface area contributed by atoms with Gasteiger partial charge in [-0.2, -0.15) is 0 Å².